The zero-order valence-corrected chi connectivity index (χ0v) is 14.5. The molecule has 0 unspecified atom stereocenters. The third-order valence-corrected chi connectivity index (χ3v) is 2.12. The Balaban J connectivity index is 0.00000324. The zero-order valence-electron chi connectivity index (χ0n) is 12.3. The van der Waals surface area contributed by atoms with Gasteiger partial charge >= 0.3 is 0 Å². The van der Waals surface area contributed by atoms with Crippen molar-refractivity contribution in [3.05, 3.63) is 23.8 Å². The van der Waals surface area contributed by atoms with Gasteiger partial charge in [-0.05, 0) is 32.0 Å². The van der Waals surface area contributed by atoms with E-state index in [0.29, 0.717) is 17.8 Å². The first-order valence-corrected chi connectivity index (χ1v) is 6.23. The minimum absolute atomic E-state index is 0. The van der Waals surface area contributed by atoms with Gasteiger partial charge in [-0.2, -0.15) is 0 Å². The number of ether oxygens (including phenoxy) is 2. The summed E-state index contributed by atoms with van der Waals surface area (Å²) in [5.41, 5.74) is 1.01. The molecule has 0 heterocycles. The Morgan fingerprint density at radius 1 is 1.05 bits per heavy atom. The highest BCUT2D eigenvalue weighted by Gasteiger charge is 2.07. The van der Waals surface area contributed by atoms with Crippen LogP contribution in [0, 0.1) is 0 Å². The van der Waals surface area contributed by atoms with E-state index >= 15 is 0 Å². The summed E-state index contributed by atoms with van der Waals surface area (Å²) in [7, 11) is 6.03. The molecule has 0 aliphatic carbocycles. The van der Waals surface area contributed by atoms with Gasteiger partial charge in [-0.3, -0.25) is 0 Å². The predicted octanol–water partition coefficient (Wildman–Crippen LogP) is -0.472. The number of rotatable bonds is 6. The van der Waals surface area contributed by atoms with Gasteiger partial charge in [-0.25, -0.2) is 4.59 Å². The van der Waals surface area contributed by atoms with Gasteiger partial charge in [-0.15, -0.1) is 0 Å². The van der Waals surface area contributed by atoms with Crippen molar-refractivity contribution < 1.29 is 38.0 Å². The fourth-order valence-corrected chi connectivity index (χ4v) is 1.39. The van der Waals surface area contributed by atoms with E-state index in [-0.39, 0.29) is 24.0 Å². The minimum atomic E-state index is 0. The summed E-state index contributed by atoms with van der Waals surface area (Å²) >= 11 is 0. The van der Waals surface area contributed by atoms with Gasteiger partial charge in [0, 0.05) is 5.56 Å². The third-order valence-electron chi connectivity index (χ3n) is 2.12. The highest BCUT2D eigenvalue weighted by Crippen LogP contribution is 2.28. The number of nitrogens with zero attached hydrogens (tertiary/aromatic N) is 2. The first kappa shape index (κ1) is 18.2. The van der Waals surface area contributed by atoms with Gasteiger partial charge in [0.1, 0.15) is 0 Å². The number of hydrogen-bond donors (Lipinski definition) is 0. The van der Waals surface area contributed by atoms with Crippen molar-refractivity contribution in [3.63, 3.8) is 0 Å². The fraction of sp³-hybridized carbons (Fsp3) is 0.500. The SMILES string of the molecule is CCOc1ccc(/C=N/[N+](C)(C)C)cc1OCC.[I-]. The number of hydrogen-bond acceptors (Lipinski definition) is 3. The van der Waals surface area contributed by atoms with Crippen LogP contribution in [0.3, 0.4) is 0 Å². The molecule has 0 aliphatic heterocycles. The molecule has 0 bridgehead atoms. The van der Waals surface area contributed by atoms with Crippen LogP contribution in [0.5, 0.6) is 11.5 Å². The second-order valence-electron chi connectivity index (χ2n) is 4.76. The lowest BCUT2D eigenvalue weighted by atomic mass is 10.2. The second-order valence-corrected chi connectivity index (χ2v) is 4.76. The Bertz CT molecular complexity index is 414. The third kappa shape index (κ3) is 6.77. The summed E-state index contributed by atoms with van der Waals surface area (Å²) in [5.74, 6) is 1.55. The van der Waals surface area contributed by atoms with Crippen molar-refractivity contribution in [2.24, 2.45) is 5.10 Å². The molecule has 0 saturated carbocycles. The normalized spacial score (nSPS) is 11.2. The maximum atomic E-state index is 5.57. The minimum Gasteiger partial charge on any atom is -1.00 e. The Morgan fingerprint density at radius 3 is 2.16 bits per heavy atom. The number of benzene rings is 1. The quantitative estimate of drug-likeness (QED) is 0.290. The highest BCUT2D eigenvalue weighted by atomic mass is 127. The van der Waals surface area contributed by atoms with E-state index < -0.39 is 0 Å². The van der Waals surface area contributed by atoms with Crippen LogP contribution in [0.2, 0.25) is 0 Å². The zero-order chi connectivity index (χ0) is 13.6. The molecule has 0 aliphatic rings. The van der Waals surface area contributed by atoms with E-state index in [0.717, 1.165) is 17.1 Å². The van der Waals surface area contributed by atoms with Gasteiger partial charge in [0.05, 0.1) is 40.6 Å². The van der Waals surface area contributed by atoms with E-state index in [2.05, 4.69) is 5.10 Å². The molecule has 1 aromatic carbocycles. The Labute approximate surface area is 133 Å². The summed E-state index contributed by atoms with van der Waals surface area (Å²) < 4.78 is 11.6. The van der Waals surface area contributed by atoms with Gasteiger partial charge in [0.25, 0.3) is 0 Å². The van der Waals surface area contributed by atoms with Crippen molar-refractivity contribution in [2.45, 2.75) is 13.8 Å². The van der Waals surface area contributed by atoms with Crippen LogP contribution in [0.15, 0.2) is 23.3 Å². The molecular formula is C14H23IN2O2. The van der Waals surface area contributed by atoms with Crippen molar-refractivity contribution in [1.82, 2.24) is 0 Å². The van der Waals surface area contributed by atoms with Crippen LogP contribution in [0.1, 0.15) is 19.4 Å². The Kier molecular flexibility index (Phi) is 8.01. The summed E-state index contributed by atoms with van der Waals surface area (Å²) in [4.78, 5) is 0. The van der Waals surface area contributed by atoms with Gasteiger partial charge in [0.2, 0.25) is 0 Å². The molecule has 0 atom stereocenters. The fourth-order valence-electron chi connectivity index (χ4n) is 1.39. The molecule has 0 radical (unpaired) electrons. The van der Waals surface area contributed by atoms with Crippen molar-refractivity contribution in [1.29, 1.82) is 0 Å². The van der Waals surface area contributed by atoms with Gasteiger partial charge in [0.15, 0.2) is 11.5 Å². The molecule has 1 rings (SSSR count). The van der Waals surface area contributed by atoms with Crippen molar-refractivity contribution >= 4 is 6.21 Å². The van der Waals surface area contributed by atoms with E-state index in [1.54, 1.807) is 0 Å². The molecule has 0 N–H and O–H groups in total. The number of quaternary nitrogens is 1. The summed E-state index contributed by atoms with van der Waals surface area (Å²) in [6, 6.07) is 5.85. The van der Waals surface area contributed by atoms with E-state index in [9.17, 15) is 0 Å². The average molecular weight is 378 g/mol. The highest BCUT2D eigenvalue weighted by molar-refractivity contribution is 5.80. The lowest BCUT2D eigenvalue weighted by Gasteiger charge is -2.15. The largest absolute Gasteiger partial charge is 1.00 e. The summed E-state index contributed by atoms with van der Waals surface area (Å²) in [6.07, 6.45) is 1.85. The Hall–Kier alpha value is -0.820. The molecule has 1 aromatic rings. The van der Waals surface area contributed by atoms with Crippen LogP contribution in [-0.2, 0) is 0 Å². The topological polar surface area (TPSA) is 30.8 Å². The molecule has 0 amide bonds. The van der Waals surface area contributed by atoms with Crippen molar-refractivity contribution in [3.8, 4) is 11.5 Å². The van der Waals surface area contributed by atoms with Crippen LogP contribution in [0.25, 0.3) is 0 Å². The predicted molar refractivity (Wildman–Crippen MR) is 74.4 cm³/mol. The smallest absolute Gasteiger partial charge is 0.161 e. The molecule has 5 heteroatoms. The first-order chi connectivity index (χ1) is 8.46. The van der Waals surface area contributed by atoms with Crippen LogP contribution >= 0.6 is 0 Å². The van der Waals surface area contributed by atoms with Gasteiger partial charge < -0.3 is 33.5 Å². The standard InChI is InChI=1S/C14H23N2O2.HI/c1-6-17-13-9-8-12(10-14(13)18-7-2)11-15-16(3,4)5;/h8-11H,6-7H2,1-5H3;1H/q+1;/p-1/b15-11+;. The lowest BCUT2D eigenvalue weighted by molar-refractivity contribution is -0.876. The van der Waals surface area contributed by atoms with Crippen LogP contribution < -0.4 is 33.5 Å². The maximum absolute atomic E-state index is 5.57. The van der Waals surface area contributed by atoms with Crippen LogP contribution in [-0.4, -0.2) is 45.2 Å². The first-order valence-electron chi connectivity index (χ1n) is 6.23. The van der Waals surface area contributed by atoms with Gasteiger partial charge in [-0.1, -0.05) is 5.10 Å². The van der Waals surface area contributed by atoms with Crippen LogP contribution in [0.4, 0.5) is 0 Å². The molecule has 108 valence electrons. The maximum Gasteiger partial charge on any atom is 0.161 e. The molecule has 0 spiro atoms. The molecule has 0 fully saturated rings. The molecule has 0 aromatic heterocycles. The number of halogens is 1. The van der Waals surface area contributed by atoms with Crippen molar-refractivity contribution in [2.75, 3.05) is 34.4 Å². The molecule has 4 nitrogen and oxygen atoms in total. The lowest BCUT2D eigenvalue weighted by Crippen LogP contribution is -3.00. The van der Waals surface area contributed by atoms with E-state index in [4.69, 9.17) is 9.47 Å². The van der Waals surface area contributed by atoms with E-state index in [1.807, 2.05) is 59.4 Å². The molecule has 19 heavy (non-hydrogen) atoms. The molecular weight excluding hydrogens is 355 g/mol. The average Bonchev–Trinajstić information content (AvgIpc) is 2.29. The monoisotopic (exact) mass is 378 g/mol. The summed E-state index contributed by atoms with van der Waals surface area (Å²) in [6.45, 7) is 5.17. The molecule has 0 saturated heterocycles. The Morgan fingerprint density at radius 2 is 1.63 bits per heavy atom. The second kappa shape index (κ2) is 8.37. The summed E-state index contributed by atoms with van der Waals surface area (Å²) in [5, 5.41) is 4.42. The van der Waals surface area contributed by atoms with E-state index in [1.165, 1.54) is 0 Å².